The van der Waals surface area contributed by atoms with Gasteiger partial charge < -0.3 is 4.98 Å². The van der Waals surface area contributed by atoms with Crippen molar-refractivity contribution < 1.29 is 0 Å². The van der Waals surface area contributed by atoms with Gasteiger partial charge in [0.05, 0.1) is 5.69 Å². The molecule has 0 aliphatic rings. The second kappa shape index (κ2) is 3.37. The first-order valence-corrected chi connectivity index (χ1v) is 4.52. The molecule has 1 aromatic heterocycles. The number of hydrogen-bond donors (Lipinski definition) is 1. The summed E-state index contributed by atoms with van der Waals surface area (Å²) in [5.41, 5.74) is 1.17. The van der Waals surface area contributed by atoms with E-state index in [0.29, 0.717) is 5.92 Å². The van der Waals surface area contributed by atoms with Crippen molar-refractivity contribution in [1.82, 2.24) is 9.97 Å². The summed E-state index contributed by atoms with van der Waals surface area (Å²) in [5, 5.41) is 0. The fraction of sp³-hybridized carbons (Fsp3) is 0.571. The Morgan fingerprint density at radius 2 is 2.50 bits per heavy atom. The van der Waals surface area contributed by atoms with Gasteiger partial charge in [-0.3, -0.25) is 0 Å². The Kier molecular flexibility index (Phi) is 2.71. The molecule has 3 heteroatoms. The smallest absolute Gasteiger partial charge is 0.168 e. The van der Waals surface area contributed by atoms with E-state index in [1.807, 2.05) is 6.20 Å². The molecule has 0 saturated carbocycles. The minimum Gasteiger partial charge on any atom is -0.340 e. The monoisotopic (exact) mass is 250 g/mol. The molecule has 56 valence electrons. The molecule has 10 heavy (non-hydrogen) atoms. The number of hydrogen-bond acceptors (Lipinski definition) is 1. The van der Waals surface area contributed by atoms with Crippen LogP contribution in [0, 0.1) is 3.83 Å². The normalized spacial score (nSPS) is 13.5. The second-order valence-corrected chi connectivity index (χ2v) is 3.45. The summed E-state index contributed by atoms with van der Waals surface area (Å²) >= 11 is 2.18. The van der Waals surface area contributed by atoms with Gasteiger partial charge in [-0.15, -0.1) is 0 Å². The van der Waals surface area contributed by atoms with E-state index in [1.54, 1.807) is 0 Å². The zero-order valence-corrected chi connectivity index (χ0v) is 8.34. The Labute approximate surface area is 74.6 Å². The third kappa shape index (κ3) is 1.71. The Morgan fingerprint density at radius 3 is 2.90 bits per heavy atom. The van der Waals surface area contributed by atoms with Crippen molar-refractivity contribution in [2.45, 2.75) is 26.2 Å². The van der Waals surface area contributed by atoms with Gasteiger partial charge in [0.2, 0.25) is 0 Å². The average molecular weight is 250 g/mol. The maximum absolute atomic E-state index is 4.31. The van der Waals surface area contributed by atoms with Crippen molar-refractivity contribution in [3.05, 3.63) is 15.7 Å². The lowest BCUT2D eigenvalue weighted by Gasteiger charge is -2.01. The molecule has 0 saturated heterocycles. The van der Waals surface area contributed by atoms with Crippen molar-refractivity contribution in [2.75, 3.05) is 0 Å². The number of imidazole rings is 1. The molecule has 1 unspecified atom stereocenters. The van der Waals surface area contributed by atoms with E-state index in [2.05, 4.69) is 46.4 Å². The first-order valence-electron chi connectivity index (χ1n) is 3.44. The van der Waals surface area contributed by atoms with Crippen molar-refractivity contribution >= 4 is 22.6 Å². The summed E-state index contributed by atoms with van der Waals surface area (Å²) in [5.74, 6) is 0.583. The van der Waals surface area contributed by atoms with Crippen LogP contribution in [0.3, 0.4) is 0 Å². The first kappa shape index (κ1) is 8.04. The average Bonchev–Trinajstić information content (AvgIpc) is 2.34. The van der Waals surface area contributed by atoms with Crippen molar-refractivity contribution in [2.24, 2.45) is 0 Å². The third-order valence-electron chi connectivity index (χ3n) is 1.68. The lowest BCUT2D eigenvalue weighted by molar-refractivity contribution is 0.712. The number of H-pyrrole nitrogens is 1. The van der Waals surface area contributed by atoms with Crippen LogP contribution in [0.5, 0.6) is 0 Å². The van der Waals surface area contributed by atoms with Crippen LogP contribution in [0.25, 0.3) is 0 Å². The molecular formula is C7H11IN2. The Morgan fingerprint density at radius 1 is 1.80 bits per heavy atom. The number of nitrogens with one attached hydrogen (secondary N) is 1. The fourth-order valence-corrected chi connectivity index (χ4v) is 1.21. The highest BCUT2D eigenvalue weighted by molar-refractivity contribution is 14.1. The van der Waals surface area contributed by atoms with Crippen LogP contribution in [0.2, 0.25) is 0 Å². The van der Waals surface area contributed by atoms with Gasteiger partial charge in [0.25, 0.3) is 0 Å². The first-order chi connectivity index (χ1) is 4.74. The lowest BCUT2D eigenvalue weighted by atomic mass is 10.1. The van der Waals surface area contributed by atoms with Gasteiger partial charge in [-0.05, 0) is 34.9 Å². The van der Waals surface area contributed by atoms with Crippen LogP contribution in [-0.4, -0.2) is 9.97 Å². The number of aromatic amines is 1. The third-order valence-corrected chi connectivity index (χ3v) is 2.24. The van der Waals surface area contributed by atoms with E-state index in [9.17, 15) is 0 Å². The van der Waals surface area contributed by atoms with Crippen LogP contribution in [-0.2, 0) is 0 Å². The van der Waals surface area contributed by atoms with Gasteiger partial charge in [0.15, 0.2) is 3.83 Å². The number of nitrogens with zero attached hydrogens (tertiary/aromatic N) is 1. The van der Waals surface area contributed by atoms with Gasteiger partial charge in [0.1, 0.15) is 0 Å². The standard InChI is InChI=1S/C7H11IN2/c1-3-5(2)6-4-9-7(8)10-6/h4-5H,3H2,1-2H3,(H,9,10). The Balaban J connectivity index is 2.74. The molecule has 0 aliphatic carbocycles. The van der Waals surface area contributed by atoms with Gasteiger partial charge in [-0.2, -0.15) is 0 Å². The predicted molar refractivity (Wildman–Crippen MR) is 50.0 cm³/mol. The molecule has 0 fully saturated rings. The van der Waals surface area contributed by atoms with E-state index in [1.165, 1.54) is 5.69 Å². The molecule has 0 aromatic carbocycles. The Hall–Kier alpha value is -0.0600. The molecule has 1 rings (SSSR count). The van der Waals surface area contributed by atoms with Gasteiger partial charge in [-0.1, -0.05) is 13.8 Å². The summed E-state index contributed by atoms with van der Waals surface area (Å²) in [6.45, 7) is 4.36. The quantitative estimate of drug-likeness (QED) is 0.803. The summed E-state index contributed by atoms with van der Waals surface area (Å²) < 4.78 is 0.980. The number of rotatable bonds is 2. The molecule has 0 spiro atoms. The van der Waals surface area contributed by atoms with Crippen LogP contribution in [0.1, 0.15) is 31.9 Å². The largest absolute Gasteiger partial charge is 0.340 e. The highest BCUT2D eigenvalue weighted by Gasteiger charge is 2.04. The zero-order valence-electron chi connectivity index (χ0n) is 6.19. The molecule has 0 aliphatic heterocycles. The van der Waals surface area contributed by atoms with E-state index in [0.717, 1.165) is 10.3 Å². The fourth-order valence-electron chi connectivity index (χ4n) is 0.773. The highest BCUT2D eigenvalue weighted by atomic mass is 127. The van der Waals surface area contributed by atoms with Gasteiger partial charge in [0, 0.05) is 6.20 Å². The molecule has 1 atom stereocenters. The van der Waals surface area contributed by atoms with E-state index in [4.69, 9.17) is 0 Å². The number of aromatic nitrogens is 2. The minimum atomic E-state index is 0.583. The number of halogens is 1. The van der Waals surface area contributed by atoms with Crippen LogP contribution >= 0.6 is 22.6 Å². The molecule has 0 radical (unpaired) electrons. The lowest BCUT2D eigenvalue weighted by Crippen LogP contribution is -1.90. The zero-order chi connectivity index (χ0) is 7.56. The van der Waals surface area contributed by atoms with Crippen molar-refractivity contribution in [1.29, 1.82) is 0 Å². The topological polar surface area (TPSA) is 28.7 Å². The van der Waals surface area contributed by atoms with Gasteiger partial charge in [-0.25, -0.2) is 4.98 Å². The molecule has 2 nitrogen and oxygen atoms in total. The van der Waals surface area contributed by atoms with Crippen LogP contribution in [0.15, 0.2) is 6.20 Å². The van der Waals surface area contributed by atoms with Crippen LogP contribution < -0.4 is 0 Å². The van der Waals surface area contributed by atoms with Crippen molar-refractivity contribution in [3.8, 4) is 0 Å². The molecule has 1 heterocycles. The summed E-state index contributed by atoms with van der Waals surface area (Å²) in [6, 6.07) is 0. The summed E-state index contributed by atoms with van der Waals surface area (Å²) in [7, 11) is 0. The maximum atomic E-state index is 4.31. The molecule has 0 bridgehead atoms. The maximum Gasteiger partial charge on any atom is 0.168 e. The van der Waals surface area contributed by atoms with E-state index < -0.39 is 0 Å². The van der Waals surface area contributed by atoms with Gasteiger partial charge >= 0.3 is 0 Å². The summed E-state index contributed by atoms with van der Waals surface area (Å²) in [4.78, 5) is 7.37. The molecule has 1 aromatic rings. The second-order valence-electron chi connectivity index (χ2n) is 2.43. The van der Waals surface area contributed by atoms with Crippen molar-refractivity contribution in [3.63, 3.8) is 0 Å². The molecular weight excluding hydrogens is 239 g/mol. The summed E-state index contributed by atoms with van der Waals surface area (Å²) in [6.07, 6.45) is 3.14. The van der Waals surface area contributed by atoms with E-state index >= 15 is 0 Å². The Bertz CT molecular complexity index is 207. The highest BCUT2D eigenvalue weighted by Crippen LogP contribution is 2.15. The van der Waals surface area contributed by atoms with E-state index in [-0.39, 0.29) is 0 Å². The predicted octanol–water partition coefficient (Wildman–Crippen LogP) is 2.53. The minimum absolute atomic E-state index is 0.583. The van der Waals surface area contributed by atoms with Crippen LogP contribution in [0.4, 0.5) is 0 Å². The molecule has 1 N–H and O–H groups in total. The SMILES string of the molecule is CCC(C)c1c[nH]c(I)n1. The molecule has 0 amide bonds.